The van der Waals surface area contributed by atoms with Crippen molar-refractivity contribution >= 4 is 33.6 Å². The quantitative estimate of drug-likeness (QED) is 0.846. The summed E-state index contributed by atoms with van der Waals surface area (Å²) in [5.74, 6) is 0.938. The number of pyridine rings is 1. The smallest absolute Gasteiger partial charge is 0.271 e. The Morgan fingerprint density at radius 2 is 2.47 bits per heavy atom. The number of hydrogen-bond acceptors (Lipinski definition) is 3. The van der Waals surface area contributed by atoms with Crippen molar-refractivity contribution in [1.82, 2.24) is 10.3 Å². The van der Waals surface area contributed by atoms with E-state index in [1.54, 1.807) is 24.0 Å². The lowest BCUT2D eigenvalue weighted by atomic mass is 10.3. The molecule has 0 bridgehead atoms. The van der Waals surface area contributed by atoms with E-state index in [-0.39, 0.29) is 5.91 Å². The molecule has 0 atom stereocenters. The third-order valence-electron chi connectivity index (χ3n) is 1.78. The standard InChI is InChI=1S/C10H13BrN2OS/c1-15-7-3-6-13-10(14)9-8(11)4-2-5-12-9/h2,4-5H,3,6-7H2,1H3,(H,13,14). The van der Waals surface area contributed by atoms with Crippen LogP contribution in [0.2, 0.25) is 0 Å². The van der Waals surface area contributed by atoms with E-state index in [9.17, 15) is 4.79 Å². The topological polar surface area (TPSA) is 42.0 Å². The van der Waals surface area contributed by atoms with Crippen LogP contribution in [-0.4, -0.2) is 29.4 Å². The van der Waals surface area contributed by atoms with Gasteiger partial charge in [-0.3, -0.25) is 4.79 Å². The van der Waals surface area contributed by atoms with Gasteiger partial charge < -0.3 is 5.32 Å². The van der Waals surface area contributed by atoms with E-state index in [4.69, 9.17) is 0 Å². The van der Waals surface area contributed by atoms with Crippen LogP contribution in [0.25, 0.3) is 0 Å². The van der Waals surface area contributed by atoms with E-state index < -0.39 is 0 Å². The Bertz CT molecular complexity index is 333. The highest BCUT2D eigenvalue weighted by molar-refractivity contribution is 9.10. The normalized spacial score (nSPS) is 10.0. The second-order valence-electron chi connectivity index (χ2n) is 2.94. The molecule has 0 aliphatic heterocycles. The molecule has 0 saturated carbocycles. The predicted octanol–water partition coefficient (Wildman–Crippen LogP) is 2.33. The predicted molar refractivity (Wildman–Crippen MR) is 67.3 cm³/mol. The summed E-state index contributed by atoms with van der Waals surface area (Å²) in [6.07, 6.45) is 4.65. The fourth-order valence-electron chi connectivity index (χ4n) is 1.05. The van der Waals surface area contributed by atoms with Gasteiger partial charge in [0.2, 0.25) is 0 Å². The van der Waals surface area contributed by atoms with Gasteiger partial charge in [-0.05, 0) is 46.5 Å². The molecule has 0 unspecified atom stereocenters. The van der Waals surface area contributed by atoms with Gasteiger partial charge in [0.1, 0.15) is 5.69 Å². The molecule has 1 amide bonds. The molecule has 1 N–H and O–H groups in total. The molecular formula is C10H13BrN2OS. The first-order chi connectivity index (χ1) is 7.25. The number of carbonyl (C=O) groups is 1. The molecule has 82 valence electrons. The minimum atomic E-state index is -0.122. The Morgan fingerprint density at radius 1 is 1.67 bits per heavy atom. The number of thioether (sulfide) groups is 1. The van der Waals surface area contributed by atoms with Gasteiger partial charge in [-0.2, -0.15) is 11.8 Å². The Balaban J connectivity index is 2.44. The van der Waals surface area contributed by atoms with Gasteiger partial charge in [0, 0.05) is 17.2 Å². The fraction of sp³-hybridized carbons (Fsp3) is 0.400. The van der Waals surface area contributed by atoms with E-state index >= 15 is 0 Å². The van der Waals surface area contributed by atoms with Crippen LogP contribution in [0.4, 0.5) is 0 Å². The second-order valence-corrected chi connectivity index (χ2v) is 4.78. The molecule has 0 radical (unpaired) electrons. The minimum Gasteiger partial charge on any atom is -0.351 e. The highest BCUT2D eigenvalue weighted by atomic mass is 79.9. The van der Waals surface area contributed by atoms with E-state index in [1.165, 1.54) is 0 Å². The number of rotatable bonds is 5. The summed E-state index contributed by atoms with van der Waals surface area (Å²) in [5, 5.41) is 2.83. The first-order valence-corrected chi connectivity index (χ1v) is 6.82. The number of hydrogen-bond donors (Lipinski definition) is 1. The third kappa shape index (κ3) is 4.22. The summed E-state index contributed by atoms with van der Waals surface area (Å²) in [6.45, 7) is 0.697. The van der Waals surface area contributed by atoms with Gasteiger partial charge in [0.15, 0.2) is 0 Å². The average Bonchev–Trinajstić information content (AvgIpc) is 2.25. The van der Waals surface area contributed by atoms with Crippen LogP contribution in [0.15, 0.2) is 22.8 Å². The van der Waals surface area contributed by atoms with Gasteiger partial charge >= 0.3 is 0 Å². The summed E-state index contributed by atoms with van der Waals surface area (Å²) in [5.41, 5.74) is 0.446. The van der Waals surface area contributed by atoms with Crippen molar-refractivity contribution in [2.45, 2.75) is 6.42 Å². The number of aromatic nitrogens is 1. The van der Waals surface area contributed by atoms with Crippen molar-refractivity contribution in [2.24, 2.45) is 0 Å². The first kappa shape index (κ1) is 12.5. The SMILES string of the molecule is CSCCCNC(=O)c1ncccc1Br. The van der Waals surface area contributed by atoms with Crippen LogP contribution in [0.5, 0.6) is 0 Å². The van der Waals surface area contributed by atoms with Crippen LogP contribution >= 0.6 is 27.7 Å². The lowest BCUT2D eigenvalue weighted by Gasteiger charge is -2.04. The minimum absolute atomic E-state index is 0.122. The molecule has 0 aliphatic carbocycles. The fourth-order valence-corrected chi connectivity index (χ4v) is 1.92. The van der Waals surface area contributed by atoms with E-state index in [0.29, 0.717) is 12.2 Å². The van der Waals surface area contributed by atoms with Crippen LogP contribution in [0, 0.1) is 0 Å². The molecule has 1 heterocycles. The zero-order valence-corrected chi connectivity index (χ0v) is 10.9. The first-order valence-electron chi connectivity index (χ1n) is 4.63. The number of halogens is 1. The maximum atomic E-state index is 11.6. The largest absolute Gasteiger partial charge is 0.351 e. The van der Waals surface area contributed by atoms with E-state index in [0.717, 1.165) is 16.6 Å². The van der Waals surface area contributed by atoms with Gasteiger partial charge in [-0.15, -0.1) is 0 Å². The van der Waals surface area contributed by atoms with Crippen molar-refractivity contribution in [2.75, 3.05) is 18.6 Å². The van der Waals surface area contributed by atoms with Crippen LogP contribution < -0.4 is 5.32 Å². The Labute approximate surface area is 102 Å². The van der Waals surface area contributed by atoms with Gasteiger partial charge in [-0.1, -0.05) is 0 Å². The molecule has 1 aromatic heterocycles. The molecule has 5 heteroatoms. The molecule has 0 fully saturated rings. The zero-order valence-electron chi connectivity index (χ0n) is 8.50. The van der Waals surface area contributed by atoms with Crippen molar-refractivity contribution in [3.05, 3.63) is 28.5 Å². The van der Waals surface area contributed by atoms with Gasteiger partial charge in [-0.25, -0.2) is 4.98 Å². The van der Waals surface area contributed by atoms with Crippen molar-refractivity contribution in [1.29, 1.82) is 0 Å². The number of carbonyl (C=O) groups excluding carboxylic acids is 1. The summed E-state index contributed by atoms with van der Waals surface area (Å²) in [4.78, 5) is 15.6. The van der Waals surface area contributed by atoms with Gasteiger partial charge in [0.05, 0.1) is 0 Å². The summed E-state index contributed by atoms with van der Waals surface area (Å²) in [6, 6.07) is 3.60. The lowest BCUT2D eigenvalue weighted by molar-refractivity contribution is 0.0948. The van der Waals surface area contributed by atoms with Crippen LogP contribution in [0.3, 0.4) is 0 Å². The van der Waals surface area contributed by atoms with Crippen molar-refractivity contribution < 1.29 is 4.79 Å². The Kier molecular flexibility index (Phi) is 5.71. The molecule has 0 saturated heterocycles. The number of amides is 1. The highest BCUT2D eigenvalue weighted by Crippen LogP contribution is 2.12. The summed E-state index contributed by atoms with van der Waals surface area (Å²) in [7, 11) is 0. The monoisotopic (exact) mass is 288 g/mol. The van der Waals surface area contributed by atoms with Crippen LogP contribution in [0.1, 0.15) is 16.9 Å². The second kappa shape index (κ2) is 6.85. The van der Waals surface area contributed by atoms with E-state index in [1.807, 2.05) is 6.07 Å². The Morgan fingerprint density at radius 3 is 3.13 bits per heavy atom. The van der Waals surface area contributed by atoms with E-state index in [2.05, 4.69) is 32.5 Å². The highest BCUT2D eigenvalue weighted by Gasteiger charge is 2.09. The van der Waals surface area contributed by atoms with Crippen molar-refractivity contribution in [3.63, 3.8) is 0 Å². The molecule has 0 aliphatic rings. The Hall–Kier alpha value is -0.550. The maximum absolute atomic E-state index is 11.6. The number of nitrogens with zero attached hydrogens (tertiary/aromatic N) is 1. The average molecular weight is 289 g/mol. The molecule has 1 rings (SSSR count). The molecule has 15 heavy (non-hydrogen) atoms. The molecule has 0 aromatic carbocycles. The summed E-state index contributed by atoms with van der Waals surface area (Å²) < 4.78 is 0.729. The zero-order chi connectivity index (χ0) is 11.1. The maximum Gasteiger partial charge on any atom is 0.271 e. The summed E-state index contributed by atoms with van der Waals surface area (Å²) >= 11 is 5.07. The van der Waals surface area contributed by atoms with Crippen LogP contribution in [-0.2, 0) is 0 Å². The molecule has 3 nitrogen and oxygen atoms in total. The third-order valence-corrected chi connectivity index (χ3v) is 3.12. The molecule has 0 spiro atoms. The lowest BCUT2D eigenvalue weighted by Crippen LogP contribution is -2.26. The van der Waals surface area contributed by atoms with Gasteiger partial charge in [0.25, 0.3) is 5.91 Å². The molecule has 1 aromatic rings. The van der Waals surface area contributed by atoms with Crippen molar-refractivity contribution in [3.8, 4) is 0 Å². The molecular weight excluding hydrogens is 276 g/mol. The number of nitrogens with one attached hydrogen (secondary N) is 1.